The molecule has 1 aromatic carbocycles. The van der Waals surface area contributed by atoms with Crippen LogP contribution in [0.15, 0.2) is 22.6 Å². The molecule has 1 atom stereocenters. The van der Waals surface area contributed by atoms with Crippen molar-refractivity contribution in [3.63, 3.8) is 0 Å². The van der Waals surface area contributed by atoms with Gasteiger partial charge in [-0.05, 0) is 36.6 Å². The van der Waals surface area contributed by atoms with E-state index in [1.165, 1.54) is 0 Å². The molecule has 0 spiro atoms. The van der Waals surface area contributed by atoms with Crippen LogP contribution in [0.25, 0.3) is 11.5 Å². The van der Waals surface area contributed by atoms with Gasteiger partial charge in [-0.3, -0.25) is 4.79 Å². The first-order valence-corrected chi connectivity index (χ1v) is 6.64. The van der Waals surface area contributed by atoms with Crippen molar-refractivity contribution in [2.24, 2.45) is 5.92 Å². The van der Waals surface area contributed by atoms with Gasteiger partial charge >= 0.3 is 5.97 Å². The number of nitrogens with zero attached hydrogens (tertiary/aromatic N) is 2. The zero-order valence-electron chi connectivity index (χ0n) is 11.3. The molecule has 0 aliphatic carbocycles. The minimum absolute atomic E-state index is 0.0490. The van der Waals surface area contributed by atoms with Crippen LogP contribution in [0.5, 0.6) is 0 Å². The highest BCUT2D eigenvalue weighted by atomic mass is 35.5. The van der Waals surface area contributed by atoms with E-state index in [0.717, 1.165) is 11.1 Å². The van der Waals surface area contributed by atoms with Crippen LogP contribution in [0.2, 0.25) is 5.02 Å². The van der Waals surface area contributed by atoms with Gasteiger partial charge in [0.1, 0.15) is 0 Å². The van der Waals surface area contributed by atoms with E-state index < -0.39 is 5.97 Å². The maximum Gasteiger partial charge on any atom is 0.303 e. The van der Waals surface area contributed by atoms with Gasteiger partial charge in [0.15, 0.2) is 0 Å². The Balaban J connectivity index is 2.14. The van der Waals surface area contributed by atoms with Crippen LogP contribution in [-0.4, -0.2) is 21.3 Å². The number of aliphatic carboxylic acids is 1. The lowest BCUT2D eigenvalue weighted by Crippen LogP contribution is -2.07. The van der Waals surface area contributed by atoms with E-state index in [0.29, 0.717) is 23.2 Å². The zero-order chi connectivity index (χ0) is 14.7. The van der Waals surface area contributed by atoms with Crippen molar-refractivity contribution in [2.75, 3.05) is 0 Å². The first-order valence-electron chi connectivity index (χ1n) is 6.26. The molecular weight excluding hydrogens is 280 g/mol. The standard InChI is InChI=1S/C14H15ClN2O3/c1-8(6-13(18)19)5-12-16-17-14(20-12)11-4-3-10(15)7-9(11)2/h3-4,7-8H,5-6H2,1-2H3,(H,18,19). The van der Waals surface area contributed by atoms with Crippen molar-refractivity contribution >= 4 is 17.6 Å². The summed E-state index contributed by atoms with van der Waals surface area (Å²) in [5.41, 5.74) is 1.78. The first-order chi connectivity index (χ1) is 9.45. The van der Waals surface area contributed by atoms with Gasteiger partial charge < -0.3 is 9.52 Å². The van der Waals surface area contributed by atoms with Crippen LogP contribution < -0.4 is 0 Å². The fraction of sp³-hybridized carbons (Fsp3) is 0.357. The van der Waals surface area contributed by atoms with Crippen LogP contribution in [0.3, 0.4) is 0 Å². The molecule has 1 N–H and O–H groups in total. The molecule has 106 valence electrons. The summed E-state index contributed by atoms with van der Waals surface area (Å²) in [5, 5.41) is 17.3. The Morgan fingerprint density at radius 1 is 1.45 bits per heavy atom. The number of rotatable bonds is 5. The number of benzene rings is 1. The number of aryl methyl sites for hydroxylation is 1. The Morgan fingerprint density at radius 2 is 2.20 bits per heavy atom. The number of carboxylic acids is 1. The van der Waals surface area contributed by atoms with Gasteiger partial charge in [-0.2, -0.15) is 0 Å². The van der Waals surface area contributed by atoms with Crippen molar-refractivity contribution in [3.8, 4) is 11.5 Å². The lowest BCUT2D eigenvalue weighted by atomic mass is 10.0. The van der Waals surface area contributed by atoms with Crippen molar-refractivity contribution in [1.82, 2.24) is 10.2 Å². The summed E-state index contributed by atoms with van der Waals surface area (Å²) in [6.07, 6.45) is 0.531. The maximum atomic E-state index is 10.6. The highest BCUT2D eigenvalue weighted by Crippen LogP contribution is 2.25. The SMILES string of the molecule is Cc1cc(Cl)ccc1-c1nnc(CC(C)CC(=O)O)o1. The number of carbonyl (C=O) groups is 1. The third-order valence-electron chi connectivity index (χ3n) is 2.93. The fourth-order valence-corrected chi connectivity index (χ4v) is 2.21. The normalized spacial score (nSPS) is 12.3. The van der Waals surface area contributed by atoms with Gasteiger partial charge in [-0.25, -0.2) is 0 Å². The smallest absolute Gasteiger partial charge is 0.303 e. The molecule has 5 nitrogen and oxygen atoms in total. The molecule has 2 aromatic rings. The van der Waals surface area contributed by atoms with Crippen LogP contribution >= 0.6 is 11.6 Å². The van der Waals surface area contributed by atoms with Gasteiger partial charge in [-0.1, -0.05) is 18.5 Å². The van der Waals surface area contributed by atoms with E-state index >= 15 is 0 Å². The molecule has 6 heteroatoms. The molecule has 0 aliphatic heterocycles. The molecule has 2 rings (SSSR count). The summed E-state index contributed by atoms with van der Waals surface area (Å²) in [7, 11) is 0. The Kier molecular flexibility index (Phi) is 4.39. The quantitative estimate of drug-likeness (QED) is 0.915. The third kappa shape index (κ3) is 3.57. The van der Waals surface area contributed by atoms with Crippen LogP contribution in [-0.2, 0) is 11.2 Å². The Labute approximate surface area is 121 Å². The molecule has 0 aliphatic rings. The van der Waals surface area contributed by atoms with Crippen molar-refractivity contribution in [1.29, 1.82) is 0 Å². The topological polar surface area (TPSA) is 76.2 Å². The van der Waals surface area contributed by atoms with E-state index in [1.807, 2.05) is 26.0 Å². The molecule has 0 radical (unpaired) electrons. The summed E-state index contributed by atoms with van der Waals surface area (Å²) in [5.74, 6) is -0.00214. The molecule has 0 saturated heterocycles. The molecule has 0 amide bonds. The Bertz CT molecular complexity index is 625. The lowest BCUT2D eigenvalue weighted by Gasteiger charge is -2.04. The largest absolute Gasteiger partial charge is 0.481 e. The van der Waals surface area contributed by atoms with E-state index in [-0.39, 0.29) is 12.3 Å². The number of halogens is 1. The van der Waals surface area contributed by atoms with Crippen molar-refractivity contribution in [2.45, 2.75) is 26.7 Å². The lowest BCUT2D eigenvalue weighted by molar-refractivity contribution is -0.137. The Morgan fingerprint density at radius 3 is 2.85 bits per heavy atom. The minimum atomic E-state index is -0.828. The minimum Gasteiger partial charge on any atom is -0.481 e. The van der Waals surface area contributed by atoms with Crippen molar-refractivity contribution < 1.29 is 14.3 Å². The summed E-state index contributed by atoms with van der Waals surface area (Å²) in [6.45, 7) is 3.75. The van der Waals surface area contributed by atoms with Crippen LogP contribution in [0.1, 0.15) is 24.8 Å². The van der Waals surface area contributed by atoms with Crippen LogP contribution in [0, 0.1) is 12.8 Å². The van der Waals surface area contributed by atoms with E-state index in [9.17, 15) is 4.79 Å². The van der Waals surface area contributed by atoms with E-state index in [1.54, 1.807) is 6.07 Å². The summed E-state index contributed by atoms with van der Waals surface area (Å²) >= 11 is 5.90. The highest BCUT2D eigenvalue weighted by molar-refractivity contribution is 6.30. The Hall–Kier alpha value is -1.88. The zero-order valence-corrected chi connectivity index (χ0v) is 12.0. The predicted molar refractivity (Wildman–Crippen MR) is 74.6 cm³/mol. The van der Waals surface area contributed by atoms with E-state index in [2.05, 4.69) is 10.2 Å². The molecule has 1 aromatic heterocycles. The van der Waals surface area contributed by atoms with Crippen LogP contribution in [0.4, 0.5) is 0 Å². The van der Waals surface area contributed by atoms with Gasteiger partial charge in [0, 0.05) is 23.4 Å². The number of hydrogen-bond acceptors (Lipinski definition) is 4. The van der Waals surface area contributed by atoms with Gasteiger partial charge in [-0.15, -0.1) is 10.2 Å². The molecule has 0 fully saturated rings. The predicted octanol–water partition coefficient (Wildman–Crippen LogP) is 3.35. The second-order valence-electron chi connectivity index (χ2n) is 4.87. The average molecular weight is 295 g/mol. The van der Waals surface area contributed by atoms with E-state index in [4.69, 9.17) is 21.1 Å². The summed E-state index contributed by atoms with van der Waals surface area (Å²) in [4.78, 5) is 10.6. The van der Waals surface area contributed by atoms with Gasteiger partial charge in [0.05, 0.1) is 0 Å². The maximum absolute atomic E-state index is 10.6. The summed E-state index contributed by atoms with van der Waals surface area (Å²) < 4.78 is 5.58. The van der Waals surface area contributed by atoms with Crippen molar-refractivity contribution in [3.05, 3.63) is 34.7 Å². The molecular formula is C14H15ClN2O3. The molecule has 20 heavy (non-hydrogen) atoms. The monoisotopic (exact) mass is 294 g/mol. The molecule has 1 unspecified atom stereocenters. The fourth-order valence-electron chi connectivity index (χ4n) is 1.98. The molecule has 1 heterocycles. The summed E-state index contributed by atoms with van der Waals surface area (Å²) in [6, 6.07) is 5.42. The van der Waals surface area contributed by atoms with Gasteiger partial charge in [0.25, 0.3) is 0 Å². The third-order valence-corrected chi connectivity index (χ3v) is 3.17. The number of aromatic nitrogens is 2. The second-order valence-corrected chi connectivity index (χ2v) is 5.30. The average Bonchev–Trinajstić information content (AvgIpc) is 2.75. The first kappa shape index (κ1) is 14.5. The number of carboxylic acid groups (broad SMARTS) is 1. The number of hydrogen-bond donors (Lipinski definition) is 1. The molecule has 0 saturated carbocycles. The highest BCUT2D eigenvalue weighted by Gasteiger charge is 2.15. The van der Waals surface area contributed by atoms with Gasteiger partial charge in [0.2, 0.25) is 11.8 Å². The molecule has 0 bridgehead atoms. The second kappa shape index (κ2) is 6.05.